The smallest absolute Gasteiger partial charge is 0.0535 e. The Balaban J connectivity index is 2.01. The summed E-state index contributed by atoms with van der Waals surface area (Å²) in [6.07, 6.45) is 1.87. The van der Waals surface area contributed by atoms with Gasteiger partial charge in [0.15, 0.2) is 0 Å². The summed E-state index contributed by atoms with van der Waals surface area (Å²) in [4.78, 5) is 0. The lowest BCUT2D eigenvalue weighted by Crippen LogP contribution is -2.18. The molecule has 1 heterocycles. The normalized spacial score (nSPS) is 12.6. The van der Waals surface area contributed by atoms with E-state index < -0.39 is 0 Å². The second-order valence-electron chi connectivity index (χ2n) is 4.14. The summed E-state index contributed by atoms with van der Waals surface area (Å²) in [6.45, 7) is 5.02. The molecule has 0 saturated carbocycles. The molecule has 1 unspecified atom stereocenters. The van der Waals surface area contributed by atoms with Crippen LogP contribution in [0.2, 0.25) is 0 Å². The molecule has 17 heavy (non-hydrogen) atoms. The van der Waals surface area contributed by atoms with Crippen molar-refractivity contribution in [1.82, 2.24) is 15.5 Å². The summed E-state index contributed by atoms with van der Waals surface area (Å²) in [5, 5.41) is 10.5. The van der Waals surface area contributed by atoms with Gasteiger partial charge in [-0.2, -0.15) is 5.10 Å². The zero-order valence-corrected chi connectivity index (χ0v) is 11.6. The lowest BCUT2D eigenvalue weighted by atomic mass is 10.1. The molecule has 3 nitrogen and oxygen atoms in total. The highest BCUT2D eigenvalue weighted by Crippen LogP contribution is 2.23. The molecular formula is C13H16BrN3. The fourth-order valence-corrected chi connectivity index (χ4v) is 2.38. The van der Waals surface area contributed by atoms with Crippen molar-refractivity contribution in [3.05, 3.63) is 51.8 Å². The van der Waals surface area contributed by atoms with Crippen molar-refractivity contribution in [3.63, 3.8) is 0 Å². The minimum Gasteiger partial charge on any atom is -0.306 e. The van der Waals surface area contributed by atoms with Gasteiger partial charge in [-0.15, -0.1) is 0 Å². The van der Waals surface area contributed by atoms with Crippen molar-refractivity contribution in [2.24, 2.45) is 0 Å². The highest BCUT2D eigenvalue weighted by atomic mass is 79.9. The Morgan fingerprint density at radius 3 is 2.82 bits per heavy atom. The molecule has 0 radical (unpaired) electrons. The Morgan fingerprint density at radius 2 is 2.18 bits per heavy atom. The van der Waals surface area contributed by atoms with Crippen LogP contribution in [0, 0.1) is 6.92 Å². The van der Waals surface area contributed by atoms with E-state index in [0.717, 1.165) is 16.7 Å². The van der Waals surface area contributed by atoms with Crippen LogP contribution in [0.15, 0.2) is 34.9 Å². The molecule has 1 aromatic carbocycles. The van der Waals surface area contributed by atoms with E-state index in [2.05, 4.69) is 56.6 Å². The summed E-state index contributed by atoms with van der Waals surface area (Å²) < 4.78 is 1.14. The molecule has 0 spiro atoms. The Kier molecular flexibility index (Phi) is 3.97. The van der Waals surface area contributed by atoms with Gasteiger partial charge in [0.25, 0.3) is 0 Å². The quantitative estimate of drug-likeness (QED) is 0.908. The van der Waals surface area contributed by atoms with Crippen molar-refractivity contribution < 1.29 is 0 Å². The van der Waals surface area contributed by atoms with E-state index >= 15 is 0 Å². The van der Waals surface area contributed by atoms with Gasteiger partial charge in [0.1, 0.15) is 0 Å². The predicted molar refractivity (Wildman–Crippen MR) is 72.7 cm³/mol. The zero-order chi connectivity index (χ0) is 12.3. The molecule has 2 rings (SSSR count). The highest BCUT2D eigenvalue weighted by molar-refractivity contribution is 9.10. The fraction of sp³-hybridized carbons (Fsp3) is 0.308. The fourth-order valence-electron chi connectivity index (χ4n) is 1.75. The van der Waals surface area contributed by atoms with Crippen LogP contribution < -0.4 is 5.32 Å². The van der Waals surface area contributed by atoms with Crippen LogP contribution in [0.5, 0.6) is 0 Å². The molecule has 0 aliphatic carbocycles. The van der Waals surface area contributed by atoms with E-state index in [1.165, 1.54) is 11.1 Å². The third-order valence-corrected chi connectivity index (χ3v) is 3.63. The summed E-state index contributed by atoms with van der Waals surface area (Å²) in [5.41, 5.74) is 3.61. The van der Waals surface area contributed by atoms with Gasteiger partial charge in [0, 0.05) is 28.3 Å². The number of nitrogens with one attached hydrogen (secondary N) is 2. The van der Waals surface area contributed by atoms with E-state index in [-0.39, 0.29) is 0 Å². The number of benzene rings is 1. The maximum Gasteiger partial charge on any atom is 0.0535 e. The van der Waals surface area contributed by atoms with Crippen molar-refractivity contribution in [1.29, 1.82) is 0 Å². The van der Waals surface area contributed by atoms with Gasteiger partial charge >= 0.3 is 0 Å². The van der Waals surface area contributed by atoms with Gasteiger partial charge in [0.05, 0.1) is 6.20 Å². The summed E-state index contributed by atoms with van der Waals surface area (Å²) >= 11 is 3.57. The molecule has 2 aromatic rings. The van der Waals surface area contributed by atoms with Crippen molar-refractivity contribution >= 4 is 15.9 Å². The third-order valence-electron chi connectivity index (χ3n) is 2.90. The lowest BCUT2D eigenvalue weighted by molar-refractivity contribution is 0.571. The van der Waals surface area contributed by atoms with Crippen LogP contribution in [0.25, 0.3) is 0 Å². The van der Waals surface area contributed by atoms with Crippen molar-refractivity contribution in [2.75, 3.05) is 0 Å². The molecule has 1 atom stereocenters. The van der Waals surface area contributed by atoms with E-state index in [0.29, 0.717) is 6.04 Å². The minimum atomic E-state index is 0.305. The molecule has 0 aliphatic rings. The summed E-state index contributed by atoms with van der Waals surface area (Å²) in [5.74, 6) is 0. The summed E-state index contributed by atoms with van der Waals surface area (Å²) in [7, 11) is 0. The molecule has 0 fully saturated rings. The third kappa shape index (κ3) is 2.96. The van der Waals surface area contributed by atoms with Crippen LogP contribution >= 0.6 is 15.9 Å². The first kappa shape index (κ1) is 12.3. The monoisotopic (exact) mass is 293 g/mol. The average molecular weight is 294 g/mol. The molecule has 2 N–H and O–H groups in total. The standard InChI is InChI=1S/C13H16BrN3/c1-9-11(8-16-17-9)7-15-10(2)12-5-3-4-6-13(12)14/h3-6,8,10,15H,7H2,1-2H3,(H,16,17). The van der Waals surface area contributed by atoms with Gasteiger partial charge in [-0.25, -0.2) is 0 Å². The summed E-state index contributed by atoms with van der Waals surface area (Å²) in [6, 6.07) is 8.59. The number of hydrogen-bond donors (Lipinski definition) is 2. The van der Waals surface area contributed by atoms with Gasteiger partial charge in [-0.3, -0.25) is 5.10 Å². The SMILES string of the molecule is Cc1[nH]ncc1CNC(C)c1ccccc1Br. The number of aryl methyl sites for hydroxylation is 1. The van der Waals surface area contributed by atoms with Crippen molar-refractivity contribution in [3.8, 4) is 0 Å². The number of aromatic nitrogens is 2. The van der Waals surface area contributed by atoms with Crippen LogP contribution in [0.3, 0.4) is 0 Å². The molecular weight excluding hydrogens is 278 g/mol. The maximum atomic E-state index is 4.02. The van der Waals surface area contributed by atoms with Crippen LogP contribution in [0.4, 0.5) is 0 Å². The first-order chi connectivity index (χ1) is 8.18. The molecule has 0 saturated heterocycles. The number of H-pyrrole nitrogens is 1. The van der Waals surface area contributed by atoms with Crippen molar-refractivity contribution in [2.45, 2.75) is 26.4 Å². The second-order valence-corrected chi connectivity index (χ2v) is 5.00. The van der Waals surface area contributed by atoms with E-state index in [9.17, 15) is 0 Å². The highest BCUT2D eigenvalue weighted by Gasteiger charge is 2.09. The van der Waals surface area contributed by atoms with Gasteiger partial charge < -0.3 is 5.32 Å². The Labute approximate surface area is 110 Å². The first-order valence-electron chi connectivity index (χ1n) is 5.65. The maximum absolute atomic E-state index is 4.02. The zero-order valence-electron chi connectivity index (χ0n) is 10.00. The Bertz CT molecular complexity index is 493. The van der Waals surface area contributed by atoms with Gasteiger partial charge in [-0.05, 0) is 25.5 Å². The average Bonchev–Trinajstić information content (AvgIpc) is 2.72. The molecule has 4 heteroatoms. The molecule has 0 aliphatic heterocycles. The number of rotatable bonds is 4. The Morgan fingerprint density at radius 1 is 1.41 bits per heavy atom. The van der Waals surface area contributed by atoms with Crippen LogP contribution in [-0.4, -0.2) is 10.2 Å². The first-order valence-corrected chi connectivity index (χ1v) is 6.44. The van der Waals surface area contributed by atoms with E-state index in [4.69, 9.17) is 0 Å². The van der Waals surface area contributed by atoms with Gasteiger partial charge in [0.2, 0.25) is 0 Å². The minimum absolute atomic E-state index is 0.305. The lowest BCUT2D eigenvalue weighted by Gasteiger charge is -2.15. The number of hydrogen-bond acceptors (Lipinski definition) is 2. The van der Waals surface area contributed by atoms with Gasteiger partial charge in [-0.1, -0.05) is 34.1 Å². The Hall–Kier alpha value is -1.13. The topological polar surface area (TPSA) is 40.7 Å². The number of nitrogens with zero attached hydrogens (tertiary/aromatic N) is 1. The molecule has 90 valence electrons. The molecule has 1 aromatic heterocycles. The van der Waals surface area contributed by atoms with Crippen LogP contribution in [-0.2, 0) is 6.54 Å². The molecule has 0 amide bonds. The van der Waals surface area contributed by atoms with Crippen LogP contribution in [0.1, 0.15) is 29.8 Å². The number of aromatic amines is 1. The number of halogens is 1. The molecule has 0 bridgehead atoms. The predicted octanol–water partition coefficient (Wildman–Crippen LogP) is 3.33. The largest absolute Gasteiger partial charge is 0.306 e. The van der Waals surface area contributed by atoms with E-state index in [1.807, 2.05) is 19.2 Å². The van der Waals surface area contributed by atoms with E-state index in [1.54, 1.807) is 0 Å². The second kappa shape index (κ2) is 5.47.